The van der Waals surface area contributed by atoms with E-state index in [4.69, 9.17) is 4.74 Å². The molecule has 300 valence electrons. The molecule has 4 amide bonds. The second kappa shape index (κ2) is 16.0. The van der Waals surface area contributed by atoms with E-state index in [0.717, 1.165) is 48.2 Å². The van der Waals surface area contributed by atoms with Crippen molar-refractivity contribution in [3.05, 3.63) is 70.4 Å². The van der Waals surface area contributed by atoms with Crippen molar-refractivity contribution in [1.29, 1.82) is 0 Å². The maximum absolute atomic E-state index is 14.7. The predicted molar refractivity (Wildman–Crippen MR) is 212 cm³/mol. The average molecular weight is 784 g/mol. The molecule has 5 heterocycles. The maximum atomic E-state index is 14.7. The number of amides is 4. The van der Waals surface area contributed by atoms with Crippen molar-refractivity contribution in [2.45, 2.75) is 103 Å². The van der Waals surface area contributed by atoms with Crippen LogP contribution >= 0.6 is 11.3 Å². The van der Waals surface area contributed by atoms with Crippen LogP contribution in [0.25, 0.3) is 0 Å². The molecular weight excluding hydrogens is 727 g/mol. The van der Waals surface area contributed by atoms with Crippen LogP contribution in [0.4, 0.5) is 0 Å². The van der Waals surface area contributed by atoms with E-state index in [-0.39, 0.29) is 54.6 Å². The Bertz CT molecular complexity index is 1860. The number of benzene rings is 1. The quantitative estimate of drug-likeness (QED) is 0.256. The summed E-state index contributed by atoms with van der Waals surface area (Å²) in [6.45, 7) is 9.32. The van der Waals surface area contributed by atoms with Gasteiger partial charge in [0.25, 0.3) is 0 Å². The number of aromatic nitrogens is 3. The Morgan fingerprint density at radius 2 is 1.70 bits per heavy atom. The van der Waals surface area contributed by atoms with Crippen molar-refractivity contribution in [2.24, 2.45) is 28.6 Å². The summed E-state index contributed by atoms with van der Waals surface area (Å²) in [6.07, 6.45) is 13.3. The van der Waals surface area contributed by atoms with Gasteiger partial charge in [0.15, 0.2) is 0 Å². The first kappa shape index (κ1) is 38.8. The summed E-state index contributed by atoms with van der Waals surface area (Å²) in [5.74, 6) is -0.561. The summed E-state index contributed by atoms with van der Waals surface area (Å²) in [5.41, 5.74) is 0.901. The number of ether oxygens (including phenoxy) is 1. The van der Waals surface area contributed by atoms with Gasteiger partial charge in [-0.15, -0.1) is 11.3 Å². The van der Waals surface area contributed by atoms with Crippen molar-refractivity contribution in [1.82, 2.24) is 34.8 Å². The molecule has 1 N–H and O–H groups in total. The minimum Gasteiger partial charge on any atom is -0.376 e. The molecule has 0 bridgehead atoms. The van der Waals surface area contributed by atoms with E-state index in [1.165, 1.54) is 19.3 Å². The van der Waals surface area contributed by atoms with Crippen molar-refractivity contribution >= 4 is 35.0 Å². The number of piperidine rings is 1. The summed E-state index contributed by atoms with van der Waals surface area (Å²) >= 11 is 1.66. The molecule has 3 saturated heterocycles. The third-order valence-corrected chi connectivity index (χ3v) is 14.3. The van der Waals surface area contributed by atoms with Gasteiger partial charge in [-0.2, -0.15) is 5.10 Å². The molecular formula is C43H57N7O5S. The van der Waals surface area contributed by atoms with Crippen LogP contribution in [0.3, 0.4) is 0 Å². The van der Waals surface area contributed by atoms with Gasteiger partial charge in [-0.3, -0.25) is 23.9 Å². The summed E-state index contributed by atoms with van der Waals surface area (Å²) < 4.78 is 8.31. The fraction of sp³-hybridized carbons (Fsp3) is 0.628. The van der Waals surface area contributed by atoms with E-state index in [1.54, 1.807) is 27.3 Å². The molecule has 1 aromatic carbocycles. The summed E-state index contributed by atoms with van der Waals surface area (Å²) in [4.78, 5) is 67.0. The lowest BCUT2D eigenvalue weighted by molar-refractivity contribution is -0.162. The van der Waals surface area contributed by atoms with Gasteiger partial charge < -0.3 is 24.8 Å². The fourth-order valence-electron chi connectivity index (χ4n) is 9.58. The molecule has 12 nitrogen and oxygen atoms in total. The second-order valence-electron chi connectivity index (χ2n) is 17.9. The first-order chi connectivity index (χ1) is 27.0. The van der Waals surface area contributed by atoms with Crippen molar-refractivity contribution in [3.8, 4) is 0 Å². The lowest BCUT2D eigenvalue weighted by Crippen LogP contribution is -2.67. The summed E-state index contributed by atoms with van der Waals surface area (Å²) in [7, 11) is 0. The number of carbonyl (C=O) groups excluding carboxylic acids is 4. The molecule has 5 aliphatic rings. The molecule has 8 rings (SSSR count). The molecule has 1 spiro atoms. The minimum atomic E-state index is -1.05. The van der Waals surface area contributed by atoms with Crippen LogP contribution in [0.1, 0.15) is 94.2 Å². The molecule has 2 aliphatic carbocycles. The lowest BCUT2D eigenvalue weighted by Gasteiger charge is -2.49. The van der Waals surface area contributed by atoms with Crippen molar-refractivity contribution < 1.29 is 23.9 Å². The SMILES string of the molecule is C[C@@H](OCC1CCCCC1)C(NC(=O)[C@@H]1CN(Cc2cnn(Cc3ccccc3)c2)C(=O)C12CN(C(=O)[C@H]1CC1(C)C)C2)C(=O)N1CCC(c2nccs2)CC1. The van der Waals surface area contributed by atoms with Crippen molar-refractivity contribution in [2.75, 3.05) is 39.3 Å². The standard InChI is InChI=1S/C43H57N7O5S/c1-29(55-26-31-12-8-5-9-13-31)36(40(53)47-17-14-33(15-18-47)38-44-16-19-56-38)46-37(51)35-25-48(22-32-21-45-50(24-32)23-30-10-6-4-7-11-30)41(54)43(35)27-49(28-43)39(52)34-20-42(34,2)3/h4,6-7,10-11,16,19,21,24,29,31,33-36H,5,8-9,12-15,17-18,20,22-23,25-28H2,1-3H3,(H,46,51)/t29-,34-,35+,36?/m1/s1. The van der Waals surface area contributed by atoms with Gasteiger partial charge >= 0.3 is 0 Å². The molecule has 3 aliphatic heterocycles. The Labute approximate surface area is 334 Å². The molecule has 3 aromatic rings. The molecule has 56 heavy (non-hydrogen) atoms. The highest BCUT2D eigenvalue weighted by Crippen LogP contribution is 2.55. The molecule has 0 radical (unpaired) electrons. The fourth-order valence-corrected chi connectivity index (χ4v) is 10.4. The van der Waals surface area contributed by atoms with Gasteiger partial charge in [0, 0.05) is 81.0 Å². The van der Waals surface area contributed by atoms with Crippen LogP contribution in [0, 0.1) is 28.6 Å². The third-order valence-electron chi connectivity index (χ3n) is 13.4. The van der Waals surface area contributed by atoms with E-state index >= 15 is 0 Å². The predicted octanol–water partition coefficient (Wildman–Crippen LogP) is 5.10. The zero-order chi connectivity index (χ0) is 39.0. The maximum Gasteiger partial charge on any atom is 0.247 e. The number of likely N-dealkylation sites (tertiary alicyclic amines) is 3. The van der Waals surface area contributed by atoms with Crippen molar-refractivity contribution in [3.63, 3.8) is 0 Å². The largest absolute Gasteiger partial charge is 0.376 e. The van der Waals surface area contributed by atoms with E-state index in [2.05, 4.69) is 41.4 Å². The molecule has 1 unspecified atom stereocenters. The van der Waals surface area contributed by atoms with Gasteiger partial charge in [-0.1, -0.05) is 63.4 Å². The number of nitrogens with one attached hydrogen (secondary N) is 1. The van der Waals surface area contributed by atoms with Crippen LogP contribution in [0.5, 0.6) is 0 Å². The minimum absolute atomic E-state index is 0.0433. The zero-order valence-electron chi connectivity index (χ0n) is 33.1. The Balaban J connectivity index is 0.997. The number of thiazole rings is 1. The highest BCUT2D eigenvalue weighted by Gasteiger charge is 2.66. The molecule has 2 saturated carbocycles. The third kappa shape index (κ3) is 8.03. The van der Waals surface area contributed by atoms with Gasteiger partial charge in [-0.25, -0.2) is 4.98 Å². The number of nitrogens with zero attached hydrogens (tertiary/aromatic N) is 6. The number of rotatable bonds is 13. The van der Waals surface area contributed by atoms with Crippen LogP contribution in [0.2, 0.25) is 0 Å². The van der Waals surface area contributed by atoms with Crippen LogP contribution in [0.15, 0.2) is 54.3 Å². The Morgan fingerprint density at radius 1 is 0.964 bits per heavy atom. The molecule has 13 heteroatoms. The van der Waals surface area contributed by atoms with Gasteiger partial charge in [0.1, 0.15) is 6.04 Å². The summed E-state index contributed by atoms with van der Waals surface area (Å²) in [5, 5.41) is 10.8. The van der Waals surface area contributed by atoms with E-state index in [9.17, 15) is 19.2 Å². The van der Waals surface area contributed by atoms with Crippen LogP contribution in [-0.4, -0.2) is 105 Å². The Kier molecular flexibility index (Phi) is 11.1. The smallest absolute Gasteiger partial charge is 0.247 e. The normalized spacial score (nSPS) is 24.6. The highest BCUT2D eigenvalue weighted by atomic mass is 32.1. The average Bonchev–Trinajstić information content (AvgIpc) is 3.63. The lowest BCUT2D eigenvalue weighted by atomic mass is 9.70. The zero-order valence-corrected chi connectivity index (χ0v) is 33.9. The van der Waals surface area contributed by atoms with E-state index < -0.39 is 23.5 Å². The Morgan fingerprint density at radius 3 is 2.38 bits per heavy atom. The highest BCUT2D eigenvalue weighted by molar-refractivity contribution is 7.09. The molecule has 5 fully saturated rings. The number of hydrogen-bond donors (Lipinski definition) is 1. The van der Waals surface area contributed by atoms with Crippen LogP contribution < -0.4 is 5.32 Å². The van der Waals surface area contributed by atoms with E-state index in [1.807, 2.05) is 52.5 Å². The first-order valence-electron chi connectivity index (χ1n) is 20.7. The van der Waals surface area contributed by atoms with E-state index in [0.29, 0.717) is 44.6 Å². The van der Waals surface area contributed by atoms with Gasteiger partial charge in [0.2, 0.25) is 23.6 Å². The monoisotopic (exact) mass is 783 g/mol. The molecule has 4 atom stereocenters. The van der Waals surface area contributed by atoms with Crippen LogP contribution in [-0.2, 0) is 37.0 Å². The van der Waals surface area contributed by atoms with Gasteiger partial charge in [0.05, 0.1) is 35.2 Å². The Hall–Kier alpha value is -4.10. The topological polar surface area (TPSA) is 130 Å². The summed E-state index contributed by atoms with van der Waals surface area (Å²) in [6, 6.07) is 9.18. The molecule has 2 aromatic heterocycles. The van der Waals surface area contributed by atoms with Gasteiger partial charge in [-0.05, 0) is 55.9 Å². The second-order valence-corrected chi connectivity index (χ2v) is 18.8. The number of carbonyl (C=O) groups is 4. The first-order valence-corrected chi connectivity index (χ1v) is 21.6. The number of hydrogen-bond acceptors (Lipinski definition) is 8.